The molecule has 1 heterocycles. The summed E-state index contributed by atoms with van der Waals surface area (Å²) in [6.45, 7) is 0.0206. The Kier molecular flexibility index (Phi) is 4.09. The molecular formula is C20H19NO6S. The van der Waals surface area contributed by atoms with Gasteiger partial charge in [-0.1, -0.05) is 24.3 Å². The van der Waals surface area contributed by atoms with Crippen LogP contribution in [-0.2, 0) is 22.0 Å². The van der Waals surface area contributed by atoms with Crippen molar-refractivity contribution in [1.29, 1.82) is 0 Å². The summed E-state index contributed by atoms with van der Waals surface area (Å²) in [7, 11) is -0.921. The van der Waals surface area contributed by atoms with E-state index in [0.717, 1.165) is 10.6 Å². The highest BCUT2D eigenvalue weighted by atomic mass is 32.2. The summed E-state index contributed by atoms with van der Waals surface area (Å²) in [5.41, 5.74) is -0.489. The molecule has 0 N–H and O–H groups in total. The van der Waals surface area contributed by atoms with Crippen LogP contribution in [0.2, 0.25) is 0 Å². The molecule has 7 nitrogen and oxygen atoms in total. The van der Waals surface area contributed by atoms with Gasteiger partial charge in [-0.05, 0) is 29.7 Å². The number of carbonyl (C=O) groups is 2. The summed E-state index contributed by atoms with van der Waals surface area (Å²) < 4.78 is 37.0. The molecule has 2 aromatic carbocycles. The maximum absolute atomic E-state index is 13.6. The van der Waals surface area contributed by atoms with Crippen molar-refractivity contribution in [3.63, 3.8) is 0 Å². The zero-order valence-electron chi connectivity index (χ0n) is 15.7. The third-order valence-corrected chi connectivity index (χ3v) is 6.69. The lowest BCUT2D eigenvalue weighted by Crippen LogP contribution is -2.59. The van der Waals surface area contributed by atoms with Crippen molar-refractivity contribution in [3.8, 4) is 11.5 Å². The molecule has 0 atom stereocenters. The van der Waals surface area contributed by atoms with E-state index in [1.165, 1.54) is 14.2 Å². The Morgan fingerprint density at radius 3 is 2.00 bits per heavy atom. The van der Waals surface area contributed by atoms with Crippen molar-refractivity contribution in [2.24, 2.45) is 0 Å². The SMILES string of the molecule is COc1cc2c(cc1OC)C1(C(=O)c3ccccc3C1=O)N(S(C)(=O)=O)CC2. The fraction of sp³-hybridized carbons (Fsp3) is 0.300. The van der Waals surface area contributed by atoms with E-state index in [0.29, 0.717) is 29.0 Å². The van der Waals surface area contributed by atoms with E-state index in [1.54, 1.807) is 36.4 Å². The van der Waals surface area contributed by atoms with Crippen LogP contribution < -0.4 is 9.47 Å². The minimum atomic E-state index is -3.86. The number of nitrogens with zero attached hydrogens (tertiary/aromatic N) is 1. The van der Waals surface area contributed by atoms with E-state index in [9.17, 15) is 18.0 Å². The van der Waals surface area contributed by atoms with Crippen molar-refractivity contribution < 1.29 is 27.5 Å². The Bertz CT molecular complexity index is 1090. The Labute approximate surface area is 162 Å². The van der Waals surface area contributed by atoms with Crippen LogP contribution >= 0.6 is 0 Å². The number of benzene rings is 2. The maximum Gasteiger partial charge on any atom is 0.212 e. The number of hydrogen-bond acceptors (Lipinski definition) is 6. The number of hydrogen-bond donors (Lipinski definition) is 0. The van der Waals surface area contributed by atoms with Crippen molar-refractivity contribution in [2.45, 2.75) is 12.0 Å². The zero-order chi connectivity index (χ0) is 20.3. The first-order chi connectivity index (χ1) is 13.3. The highest BCUT2D eigenvalue weighted by Gasteiger charge is 2.62. The van der Waals surface area contributed by atoms with E-state index in [2.05, 4.69) is 0 Å². The monoisotopic (exact) mass is 401 g/mol. The third-order valence-electron chi connectivity index (χ3n) is 5.43. The Morgan fingerprint density at radius 1 is 0.964 bits per heavy atom. The number of ether oxygens (including phenoxy) is 2. The number of carbonyl (C=O) groups excluding carboxylic acids is 2. The largest absolute Gasteiger partial charge is 0.493 e. The number of sulfonamides is 1. The molecule has 2 aromatic rings. The van der Waals surface area contributed by atoms with Crippen LogP contribution in [0.4, 0.5) is 0 Å². The summed E-state index contributed by atoms with van der Waals surface area (Å²) in [5, 5.41) is 0. The molecule has 0 fully saturated rings. The number of methoxy groups -OCH3 is 2. The summed E-state index contributed by atoms with van der Waals surface area (Å²) >= 11 is 0. The van der Waals surface area contributed by atoms with Crippen LogP contribution in [-0.4, -0.2) is 51.3 Å². The molecule has 1 spiro atoms. The van der Waals surface area contributed by atoms with Crippen molar-refractivity contribution in [1.82, 2.24) is 4.31 Å². The number of rotatable bonds is 3. The topological polar surface area (TPSA) is 90.0 Å². The summed E-state index contributed by atoms with van der Waals surface area (Å²) in [6.07, 6.45) is 1.37. The Hall–Kier alpha value is -2.71. The van der Waals surface area contributed by atoms with Gasteiger partial charge in [0.05, 0.1) is 20.5 Å². The summed E-state index contributed by atoms with van der Waals surface area (Å²) in [4.78, 5) is 27.1. The first-order valence-electron chi connectivity index (χ1n) is 8.68. The van der Waals surface area contributed by atoms with Crippen LogP contribution in [0.1, 0.15) is 31.8 Å². The number of ketones is 2. The maximum atomic E-state index is 13.6. The number of fused-ring (bicyclic) bond motifs is 3. The lowest BCUT2D eigenvalue weighted by molar-refractivity contribution is 0.0624. The van der Waals surface area contributed by atoms with Gasteiger partial charge < -0.3 is 9.47 Å². The smallest absolute Gasteiger partial charge is 0.212 e. The second-order valence-electron chi connectivity index (χ2n) is 6.86. The molecule has 8 heteroatoms. The minimum Gasteiger partial charge on any atom is -0.493 e. The van der Waals surface area contributed by atoms with Gasteiger partial charge >= 0.3 is 0 Å². The highest BCUT2D eigenvalue weighted by Crippen LogP contribution is 2.49. The molecule has 28 heavy (non-hydrogen) atoms. The molecule has 146 valence electrons. The summed E-state index contributed by atoms with van der Waals surface area (Å²) in [5.74, 6) is -0.287. The van der Waals surface area contributed by atoms with Crippen LogP contribution in [0.5, 0.6) is 11.5 Å². The molecule has 4 rings (SSSR count). The quantitative estimate of drug-likeness (QED) is 0.729. The fourth-order valence-electron chi connectivity index (χ4n) is 4.25. The van der Waals surface area contributed by atoms with Crippen LogP contribution in [0.3, 0.4) is 0 Å². The van der Waals surface area contributed by atoms with Crippen LogP contribution in [0.15, 0.2) is 36.4 Å². The van der Waals surface area contributed by atoms with Crippen molar-refractivity contribution >= 4 is 21.6 Å². The van der Waals surface area contributed by atoms with Gasteiger partial charge in [-0.15, -0.1) is 0 Å². The molecule has 1 aliphatic carbocycles. The normalized spacial score (nSPS) is 18.1. The molecule has 1 aliphatic heterocycles. The lowest BCUT2D eigenvalue weighted by atomic mass is 9.78. The van der Waals surface area contributed by atoms with E-state index < -0.39 is 27.1 Å². The molecule has 0 saturated carbocycles. The third kappa shape index (κ3) is 2.28. The van der Waals surface area contributed by atoms with Crippen molar-refractivity contribution in [2.75, 3.05) is 27.0 Å². The second-order valence-corrected chi connectivity index (χ2v) is 8.77. The first kappa shape index (κ1) is 18.6. The molecule has 2 aliphatic rings. The average molecular weight is 401 g/mol. The van der Waals surface area contributed by atoms with E-state index in [1.807, 2.05) is 0 Å². The van der Waals surface area contributed by atoms with Crippen LogP contribution in [0, 0.1) is 0 Å². The first-order valence-corrected chi connectivity index (χ1v) is 10.5. The average Bonchev–Trinajstić information content (AvgIpc) is 2.89. The Balaban J connectivity index is 2.09. The van der Waals surface area contributed by atoms with Gasteiger partial charge in [0.25, 0.3) is 0 Å². The molecule has 0 radical (unpaired) electrons. The van der Waals surface area contributed by atoms with Gasteiger partial charge in [-0.25, -0.2) is 8.42 Å². The zero-order valence-corrected chi connectivity index (χ0v) is 16.5. The lowest BCUT2D eigenvalue weighted by Gasteiger charge is -2.42. The predicted molar refractivity (Wildman–Crippen MR) is 102 cm³/mol. The molecule has 0 aromatic heterocycles. The van der Waals surface area contributed by atoms with Gasteiger partial charge in [0.2, 0.25) is 10.0 Å². The van der Waals surface area contributed by atoms with Crippen molar-refractivity contribution in [3.05, 3.63) is 58.7 Å². The molecular weight excluding hydrogens is 382 g/mol. The van der Waals surface area contributed by atoms with E-state index in [-0.39, 0.29) is 17.7 Å². The highest BCUT2D eigenvalue weighted by molar-refractivity contribution is 7.88. The fourth-order valence-corrected chi connectivity index (χ4v) is 5.43. The standard InChI is InChI=1S/C20H19NO6S/c1-26-16-10-12-8-9-21(28(3,24)25)20(15(12)11-17(16)27-2)18(22)13-6-4-5-7-14(13)19(20)23/h4-7,10-11H,8-9H2,1-3H3. The van der Waals surface area contributed by atoms with E-state index >= 15 is 0 Å². The molecule has 0 bridgehead atoms. The van der Waals surface area contributed by atoms with Gasteiger partial charge in [-0.2, -0.15) is 4.31 Å². The predicted octanol–water partition coefficient (Wildman–Crippen LogP) is 1.80. The van der Waals surface area contributed by atoms with Gasteiger partial charge in [0.15, 0.2) is 28.6 Å². The minimum absolute atomic E-state index is 0.0206. The van der Waals surface area contributed by atoms with Gasteiger partial charge in [0.1, 0.15) is 0 Å². The van der Waals surface area contributed by atoms with Gasteiger partial charge in [0, 0.05) is 17.7 Å². The Morgan fingerprint density at radius 2 is 1.50 bits per heavy atom. The van der Waals surface area contributed by atoms with Gasteiger partial charge in [-0.3, -0.25) is 9.59 Å². The number of Topliss-reactive ketones (excluding diaryl/α,β-unsaturated/α-hetero) is 2. The molecule has 0 unspecified atom stereocenters. The van der Waals surface area contributed by atoms with Crippen LogP contribution in [0.25, 0.3) is 0 Å². The van der Waals surface area contributed by atoms with E-state index in [4.69, 9.17) is 9.47 Å². The summed E-state index contributed by atoms with van der Waals surface area (Å²) in [6, 6.07) is 9.68. The molecule has 0 amide bonds. The second kappa shape index (κ2) is 6.15. The molecule has 0 saturated heterocycles.